The number of carboxylic acids is 1. The summed E-state index contributed by atoms with van der Waals surface area (Å²) in [6, 6.07) is 9.80. The molecular formula is C23H29N5O5S. The SMILES string of the molecule is O=C(O)C(CNC(=O)N1CCC(c2ccc3c(n2)NCCC3)CC1)NS(=O)(=O)c1ccccc1. The summed E-state index contributed by atoms with van der Waals surface area (Å²) >= 11 is 0. The third-order valence-electron chi connectivity index (χ3n) is 6.22. The van der Waals surface area contributed by atoms with Crippen LogP contribution in [0.3, 0.4) is 0 Å². The van der Waals surface area contributed by atoms with E-state index < -0.39 is 28.1 Å². The first-order valence-electron chi connectivity index (χ1n) is 11.4. The van der Waals surface area contributed by atoms with Crippen molar-refractivity contribution in [3.8, 4) is 0 Å². The number of fused-ring (bicyclic) bond motifs is 1. The Balaban J connectivity index is 1.29. The van der Waals surface area contributed by atoms with E-state index in [1.165, 1.54) is 17.7 Å². The zero-order valence-corrected chi connectivity index (χ0v) is 19.6. The number of benzene rings is 1. The minimum Gasteiger partial charge on any atom is -0.480 e. The van der Waals surface area contributed by atoms with Crippen LogP contribution >= 0.6 is 0 Å². The molecule has 4 N–H and O–H groups in total. The van der Waals surface area contributed by atoms with Gasteiger partial charge in [0.15, 0.2) is 0 Å². The number of aromatic nitrogens is 1. The zero-order chi connectivity index (χ0) is 24.1. The second kappa shape index (κ2) is 10.4. The normalized spacial score (nSPS) is 17.4. The highest BCUT2D eigenvalue weighted by Gasteiger charge is 2.29. The molecule has 3 heterocycles. The van der Waals surface area contributed by atoms with E-state index in [1.54, 1.807) is 23.1 Å². The molecule has 4 rings (SSSR count). The summed E-state index contributed by atoms with van der Waals surface area (Å²) in [5.41, 5.74) is 2.26. The first-order chi connectivity index (χ1) is 16.3. The lowest BCUT2D eigenvalue weighted by atomic mass is 9.92. The fourth-order valence-corrected chi connectivity index (χ4v) is 5.49. The van der Waals surface area contributed by atoms with E-state index in [2.05, 4.69) is 27.5 Å². The van der Waals surface area contributed by atoms with Crippen LogP contribution in [-0.2, 0) is 21.2 Å². The number of aliphatic carboxylic acids is 1. The number of pyridine rings is 1. The van der Waals surface area contributed by atoms with E-state index in [1.807, 2.05) is 0 Å². The number of nitrogens with zero attached hydrogens (tertiary/aromatic N) is 2. The fourth-order valence-electron chi connectivity index (χ4n) is 4.28. The summed E-state index contributed by atoms with van der Waals surface area (Å²) in [6.45, 7) is 1.59. The number of carboxylic acid groups (broad SMARTS) is 1. The van der Waals surface area contributed by atoms with Gasteiger partial charge in [0.1, 0.15) is 11.9 Å². The summed E-state index contributed by atoms with van der Waals surface area (Å²) in [6.07, 6.45) is 3.65. The highest BCUT2D eigenvalue weighted by atomic mass is 32.2. The number of likely N-dealkylation sites (tertiary alicyclic amines) is 1. The molecule has 1 saturated heterocycles. The van der Waals surface area contributed by atoms with Crippen LogP contribution in [0.5, 0.6) is 0 Å². The van der Waals surface area contributed by atoms with E-state index in [0.717, 1.165) is 43.7 Å². The molecule has 1 aromatic carbocycles. The molecule has 10 nitrogen and oxygen atoms in total. The minimum absolute atomic E-state index is 0.0411. The third-order valence-corrected chi connectivity index (χ3v) is 7.71. The first-order valence-corrected chi connectivity index (χ1v) is 12.9. The Bertz CT molecular complexity index is 1130. The number of hydrogen-bond donors (Lipinski definition) is 4. The average molecular weight is 488 g/mol. The van der Waals surface area contributed by atoms with Crippen LogP contribution in [0.2, 0.25) is 0 Å². The Morgan fingerprint density at radius 3 is 2.59 bits per heavy atom. The monoisotopic (exact) mass is 487 g/mol. The number of sulfonamides is 1. The van der Waals surface area contributed by atoms with Gasteiger partial charge < -0.3 is 20.6 Å². The Morgan fingerprint density at radius 2 is 1.88 bits per heavy atom. The van der Waals surface area contributed by atoms with E-state index in [4.69, 9.17) is 4.98 Å². The van der Waals surface area contributed by atoms with E-state index in [-0.39, 0.29) is 17.4 Å². The van der Waals surface area contributed by atoms with Gasteiger partial charge in [0.2, 0.25) is 10.0 Å². The summed E-state index contributed by atoms with van der Waals surface area (Å²) in [4.78, 5) is 30.6. The number of rotatable bonds is 7. The van der Waals surface area contributed by atoms with Crippen molar-refractivity contribution >= 4 is 27.8 Å². The standard InChI is InChI=1S/C23H29N5O5S/c29-22(30)20(27-34(32,33)18-6-2-1-3-7-18)15-25-23(31)28-13-10-16(11-14-28)19-9-8-17-5-4-12-24-21(17)26-19/h1-3,6-9,16,20,27H,4-5,10-15H2,(H,24,26)(H,25,31)(H,29,30). The van der Waals surface area contributed by atoms with Gasteiger partial charge in [-0.1, -0.05) is 24.3 Å². The van der Waals surface area contributed by atoms with Crippen LogP contribution in [0.4, 0.5) is 10.6 Å². The van der Waals surface area contributed by atoms with Crippen LogP contribution in [0.1, 0.15) is 36.4 Å². The van der Waals surface area contributed by atoms with E-state index in [0.29, 0.717) is 13.1 Å². The number of anilines is 1. The Labute approximate surface area is 198 Å². The van der Waals surface area contributed by atoms with Gasteiger partial charge in [-0.2, -0.15) is 4.72 Å². The van der Waals surface area contributed by atoms with Crippen molar-refractivity contribution in [1.29, 1.82) is 0 Å². The number of carbonyl (C=O) groups excluding carboxylic acids is 1. The second-order valence-electron chi connectivity index (χ2n) is 8.55. The molecule has 0 spiro atoms. The highest BCUT2D eigenvalue weighted by molar-refractivity contribution is 7.89. The van der Waals surface area contributed by atoms with Crippen LogP contribution in [0, 0.1) is 0 Å². The lowest BCUT2D eigenvalue weighted by Gasteiger charge is -2.32. The molecule has 1 aromatic heterocycles. The van der Waals surface area contributed by atoms with Crippen LogP contribution in [0.25, 0.3) is 0 Å². The maximum absolute atomic E-state index is 12.6. The summed E-state index contributed by atoms with van der Waals surface area (Å²) in [5, 5.41) is 15.4. The Kier molecular flexibility index (Phi) is 7.32. The molecule has 1 fully saturated rings. The number of nitrogens with one attached hydrogen (secondary N) is 3. The quantitative estimate of drug-likeness (QED) is 0.466. The molecule has 34 heavy (non-hydrogen) atoms. The zero-order valence-electron chi connectivity index (χ0n) is 18.7. The van der Waals surface area contributed by atoms with Crippen molar-refractivity contribution < 1.29 is 23.1 Å². The number of hydrogen-bond acceptors (Lipinski definition) is 6. The number of aryl methyl sites for hydroxylation is 1. The largest absolute Gasteiger partial charge is 0.480 e. The van der Waals surface area contributed by atoms with Crippen molar-refractivity contribution in [2.45, 2.75) is 42.5 Å². The second-order valence-corrected chi connectivity index (χ2v) is 10.3. The molecule has 1 unspecified atom stereocenters. The van der Waals surface area contributed by atoms with Crippen LogP contribution in [-0.4, -0.2) is 67.6 Å². The van der Waals surface area contributed by atoms with Gasteiger partial charge in [-0.15, -0.1) is 0 Å². The average Bonchev–Trinajstić information content (AvgIpc) is 2.86. The molecule has 0 radical (unpaired) electrons. The molecule has 2 aromatic rings. The van der Waals surface area contributed by atoms with Gasteiger partial charge in [-0.3, -0.25) is 4.79 Å². The van der Waals surface area contributed by atoms with Crippen molar-refractivity contribution in [2.75, 3.05) is 31.5 Å². The topological polar surface area (TPSA) is 141 Å². The molecule has 182 valence electrons. The van der Waals surface area contributed by atoms with E-state index >= 15 is 0 Å². The van der Waals surface area contributed by atoms with Crippen LogP contribution < -0.4 is 15.4 Å². The van der Waals surface area contributed by atoms with Gasteiger partial charge >= 0.3 is 12.0 Å². The van der Waals surface area contributed by atoms with Gasteiger partial charge in [-0.05, 0) is 49.4 Å². The maximum Gasteiger partial charge on any atom is 0.323 e. The minimum atomic E-state index is -4.03. The number of piperidine rings is 1. The van der Waals surface area contributed by atoms with Gasteiger partial charge in [0.25, 0.3) is 0 Å². The Morgan fingerprint density at radius 1 is 1.15 bits per heavy atom. The molecule has 0 aliphatic carbocycles. The number of amides is 2. The smallest absolute Gasteiger partial charge is 0.323 e. The molecule has 2 amide bonds. The number of carbonyl (C=O) groups is 2. The molecule has 2 aliphatic heterocycles. The molecule has 1 atom stereocenters. The lowest BCUT2D eigenvalue weighted by Crippen LogP contribution is -2.51. The predicted octanol–water partition coefficient (Wildman–Crippen LogP) is 1.76. The molecule has 0 bridgehead atoms. The van der Waals surface area contributed by atoms with Crippen molar-refractivity contribution in [1.82, 2.24) is 19.9 Å². The summed E-state index contributed by atoms with van der Waals surface area (Å²) in [7, 11) is -4.03. The summed E-state index contributed by atoms with van der Waals surface area (Å²) < 4.78 is 27.0. The number of urea groups is 1. The van der Waals surface area contributed by atoms with Crippen molar-refractivity contribution in [2.24, 2.45) is 0 Å². The molecule has 2 aliphatic rings. The van der Waals surface area contributed by atoms with Gasteiger partial charge in [0, 0.05) is 37.8 Å². The fraction of sp³-hybridized carbons (Fsp3) is 0.435. The van der Waals surface area contributed by atoms with Crippen molar-refractivity contribution in [3.05, 3.63) is 53.7 Å². The predicted molar refractivity (Wildman–Crippen MR) is 126 cm³/mol. The first kappa shape index (κ1) is 24.0. The van der Waals surface area contributed by atoms with E-state index in [9.17, 15) is 23.1 Å². The maximum atomic E-state index is 12.6. The molecule has 11 heteroatoms. The van der Waals surface area contributed by atoms with Gasteiger partial charge in [-0.25, -0.2) is 18.2 Å². The van der Waals surface area contributed by atoms with Crippen molar-refractivity contribution in [3.63, 3.8) is 0 Å². The highest BCUT2D eigenvalue weighted by Crippen LogP contribution is 2.29. The lowest BCUT2D eigenvalue weighted by molar-refractivity contribution is -0.138. The van der Waals surface area contributed by atoms with Gasteiger partial charge in [0.05, 0.1) is 4.90 Å². The van der Waals surface area contributed by atoms with Crippen LogP contribution in [0.15, 0.2) is 47.4 Å². The Hall–Kier alpha value is -3.18. The summed E-state index contributed by atoms with van der Waals surface area (Å²) in [5.74, 6) is -0.158. The molecular weight excluding hydrogens is 458 g/mol. The molecule has 0 saturated carbocycles. The third kappa shape index (κ3) is 5.65.